The van der Waals surface area contributed by atoms with Gasteiger partial charge < -0.3 is 10.6 Å². The van der Waals surface area contributed by atoms with Gasteiger partial charge >= 0.3 is 6.18 Å². The van der Waals surface area contributed by atoms with Gasteiger partial charge in [-0.1, -0.05) is 40.2 Å². The van der Waals surface area contributed by atoms with Crippen molar-refractivity contribution >= 4 is 33.3 Å². The Balaban J connectivity index is 2.05. The van der Waals surface area contributed by atoms with Crippen LogP contribution in [0.2, 0.25) is 0 Å². The number of para-hydroxylation sites is 1. The van der Waals surface area contributed by atoms with Gasteiger partial charge in [0.15, 0.2) is 5.82 Å². The summed E-state index contributed by atoms with van der Waals surface area (Å²) in [5.74, 6) is -1.51. The van der Waals surface area contributed by atoms with Crippen molar-refractivity contribution < 1.29 is 22.1 Å². The molecule has 0 atom stereocenters. The van der Waals surface area contributed by atoms with Gasteiger partial charge in [0.25, 0.3) is 5.91 Å². The lowest BCUT2D eigenvalue weighted by Crippen LogP contribution is -2.19. The zero-order valence-electron chi connectivity index (χ0n) is 17.0. The van der Waals surface area contributed by atoms with Crippen LogP contribution in [-0.4, -0.2) is 22.9 Å². The number of halogens is 4. The van der Waals surface area contributed by atoms with Crippen LogP contribution in [-0.2, 0) is 6.18 Å². The molecule has 0 fully saturated rings. The molecule has 28 heavy (non-hydrogen) atoms. The second-order valence-electron chi connectivity index (χ2n) is 5.59. The number of rotatable bonds is 4. The van der Waals surface area contributed by atoms with Crippen molar-refractivity contribution in [1.82, 2.24) is 15.3 Å². The molecule has 5 nitrogen and oxygen atoms in total. The molecule has 1 aromatic heterocycles. The maximum Gasteiger partial charge on any atom is 0.421 e. The highest BCUT2D eigenvalue weighted by atomic mass is 79.9. The van der Waals surface area contributed by atoms with Crippen LogP contribution in [0.5, 0.6) is 0 Å². The Bertz CT molecular complexity index is 1110. The molecule has 0 spiro atoms. The number of amides is 1. The lowest BCUT2D eigenvalue weighted by atomic mass is 10.1. The summed E-state index contributed by atoms with van der Waals surface area (Å²) in [5.41, 5.74) is -0.862. The van der Waals surface area contributed by atoms with Crippen LogP contribution in [0.3, 0.4) is 0 Å². The van der Waals surface area contributed by atoms with E-state index in [2.05, 4.69) is 31.2 Å². The van der Waals surface area contributed by atoms with Crippen LogP contribution in [0.15, 0.2) is 59.2 Å². The third kappa shape index (κ3) is 4.30. The number of alkyl halides is 3. The van der Waals surface area contributed by atoms with Gasteiger partial charge in [0.05, 0.1) is 11.3 Å². The monoisotopic (exact) mass is 453 g/mol. The number of aromatic nitrogens is 2. The number of hydrogen-bond donors (Lipinski definition) is 2. The molecule has 0 aliphatic heterocycles. The molecule has 3 rings (SSSR count). The highest BCUT2D eigenvalue weighted by Crippen LogP contribution is 2.36. The Morgan fingerprint density at radius 3 is 2.54 bits per heavy atom. The fourth-order valence-corrected chi connectivity index (χ4v) is 2.67. The molecule has 2 aromatic carbocycles. The topological polar surface area (TPSA) is 66.9 Å². The van der Waals surface area contributed by atoms with Crippen LogP contribution in [0.1, 0.15) is 20.0 Å². The number of benzene rings is 2. The quantitative estimate of drug-likeness (QED) is 0.581. The highest BCUT2D eigenvalue weighted by molar-refractivity contribution is 9.10. The van der Waals surface area contributed by atoms with Gasteiger partial charge in [-0.15, -0.1) is 0 Å². The van der Waals surface area contributed by atoms with E-state index in [1.165, 1.54) is 24.3 Å². The summed E-state index contributed by atoms with van der Waals surface area (Å²) in [6, 6.07) is 12.2. The van der Waals surface area contributed by atoms with E-state index in [4.69, 9.17) is 4.11 Å². The van der Waals surface area contributed by atoms with Crippen LogP contribution in [0.4, 0.5) is 24.7 Å². The van der Waals surface area contributed by atoms with Crippen LogP contribution >= 0.6 is 15.9 Å². The minimum Gasteiger partial charge on any atom is -0.355 e. The van der Waals surface area contributed by atoms with E-state index in [9.17, 15) is 18.0 Å². The second kappa shape index (κ2) is 7.97. The number of carbonyl (C=O) groups excluding carboxylic acids is 1. The Morgan fingerprint density at radius 1 is 1.14 bits per heavy atom. The first-order valence-corrected chi connectivity index (χ1v) is 8.62. The average Bonchev–Trinajstić information content (AvgIpc) is 2.66. The van der Waals surface area contributed by atoms with Gasteiger partial charge in [-0.25, -0.2) is 9.97 Å². The molecule has 0 saturated heterocycles. The third-order valence-corrected chi connectivity index (χ3v) is 4.26. The standard InChI is InChI=1S/C19H14BrF3N4O/c1-24-18(28)13-4-2-3-5-15(13)26-17-14(19(21,22)23)10-25-16(27-17)11-6-8-12(20)9-7-11/h2-10H,1H3,(H,24,28)(H,25,26,27)/i1D3. The van der Waals surface area contributed by atoms with E-state index in [1.54, 1.807) is 24.3 Å². The summed E-state index contributed by atoms with van der Waals surface area (Å²) >= 11 is 3.28. The van der Waals surface area contributed by atoms with Crippen LogP contribution < -0.4 is 10.6 Å². The molecule has 0 radical (unpaired) electrons. The van der Waals surface area contributed by atoms with Gasteiger partial charge in [0.2, 0.25) is 0 Å². The summed E-state index contributed by atoms with van der Waals surface area (Å²) in [6.45, 7) is -2.76. The first-order valence-electron chi connectivity index (χ1n) is 9.33. The number of carbonyl (C=O) groups is 1. The number of hydrogen-bond acceptors (Lipinski definition) is 4. The Kier molecular flexibility index (Phi) is 4.57. The van der Waals surface area contributed by atoms with Crippen molar-refractivity contribution in [2.45, 2.75) is 6.18 Å². The summed E-state index contributed by atoms with van der Waals surface area (Å²) in [7, 11) is 0. The lowest BCUT2D eigenvalue weighted by Gasteiger charge is -2.16. The molecule has 9 heteroatoms. The minimum absolute atomic E-state index is 0.0347. The van der Waals surface area contributed by atoms with E-state index in [0.717, 1.165) is 4.47 Å². The molecule has 144 valence electrons. The summed E-state index contributed by atoms with van der Waals surface area (Å²) in [6.07, 6.45) is -4.12. The minimum atomic E-state index is -4.77. The van der Waals surface area contributed by atoms with Gasteiger partial charge in [0, 0.05) is 27.3 Å². The molecule has 0 unspecified atom stereocenters. The van der Waals surface area contributed by atoms with Gasteiger partial charge in [-0.3, -0.25) is 4.79 Å². The third-order valence-electron chi connectivity index (χ3n) is 3.73. The smallest absolute Gasteiger partial charge is 0.355 e. The largest absolute Gasteiger partial charge is 0.421 e. The van der Waals surface area contributed by atoms with Gasteiger partial charge in [0.1, 0.15) is 11.4 Å². The first-order chi connectivity index (χ1) is 14.4. The lowest BCUT2D eigenvalue weighted by molar-refractivity contribution is -0.137. The summed E-state index contributed by atoms with van der Waals surface area (Å²) < 4.78 is 62.9. The fraction of sp³-hybridized carbons (Fsp3) is 0.105. The summed E-state index contributed by atoms with van der Waals surface area (Å²) in [4.78, 5) is 20.1. The maximum absolute atomic E-state index is 13.5. The van der Waals surface area contributed by atoms with Crippen LogP contribution in [0, 0.1) is 0 Å². The SMILES string of the molecule is [2H]C([2H])([2H])NC(=O)c1ccccc1Nc1nc(-c2ccc(Br)cc2)ncc1C(F)(F)F. The number of nitrogens with zero attached hydrogens (tertiary/aromatic N) is 2. The zero-order chi connectivity index (χ0) is 22.8. The van der Waals surface area contributed by atoms with E-state index in [-0.39, 0.29) is 17.1 Å². The highest BCUT2D eigenvalue weighted by Gasteiger charge is 2.35. The molecule has 0 aliphatic carbocycles. The number of anilines is 2. The zero-order valence-corrected chi connectivity index (χ0v) is 15.6. The van der Waals surface area contributed by atoms with Crippen molar-refractivity contribution in [3.8, 4) is 11.4 Å². The molecular weight excluding hydrogens is 437 g/mol. The van der Waals surface area contributed by atoms with Crippen LogP contribution in [0.25, 0.3) is 11.4 Å². The molecule has 3 aromatic rings. The second-order valence-corrected chi connectivity index (χ2v) is 6.50. The average molecular weight is 454 g/mol. The van der Waals surface area contributed by atoms with E-state index in [0.29, 0.717) is 11.8 Å². The van der Waals surface area contributed by atoms with Crippen molar-refractivity contribution in [2.75, 3.05) is 12.3 Å². The van der Waals surface area contributed by atoms with E-state index in [1.807, 2.05) is 5.32 Å². The normalized spacial score (nSPS) is 13.2. The molecule has 2 N–H and O–H groups in total. The van der Waals surface area contributed by atoms with E-state index < -0.39 is 30.4 Å². The maximum atomic E-state index is 13.5. The van der Waals surface area contributed by atoms with E-state index >= 15 is 0 Å². The molecule has 0 bridgehead atoms. The molecule has 0 aliphatic rings. The number of nitrogens with one attached hydrogen (secondary N) is 2. The van der Waals surface area contributed by atoms with Crippen molar-refractivity contribution in [3.63, 3.8) is 0 Å². The van der Waals surface area contributed by atoms with Crippen molar-refractivity contribution in [2.24, 2.45) is 0 Å². The first kappa shape index (κ1) is 16.1. The van der Waals surface area contributed by atoms with Gasteiger partial charge in [-0.2, -0.15) is 13.2 Å². The Hall–Kier alpha value is -2.94. The molecule has 0 saturated carbocycles. The molecule has 1 amide bonds. The molecular formula is C19H14BrF3N4O. The fourth-order valence-electron chi connectivity index (χ4n) is 2.41. The molecule has 1 heterocycles. The Labute approximate surface area is 171 Å². The predicted octanol–water partition coefficient (Wildman–Crippen LogP) is 5.03. The van der Waals surface area contributed by atoms with Gasteiger partial charge in [-0.05, 0) is 24.3 Å². The summed E-state index contributed by atoms with van der Waals surface area (Å²) in [5, 5.41) is 4.32. The predicted molar refractivity (Wildman–Crippen MR) is 103 cm³/mol. The van der Waals surface area contributed by atoms with Crippen molar-refractivity contribution in [1.29, 1.82) is 0 Å². The van der Waals surface area contributed by atoms with Crippen molar-refractivity contribution in [3.05, 3.63) is 70.3 Å². The Morgan fingerprint density at radius 2 is 1.86 bits per heavy atom.